The molecule has 108 valence electrons. The largest absolute Gasteiger partial charge is 0.508 e. The number of benzene rings is 1. The molecule has 0 heterocycles. The van der Waals surface area contributed by atoms with Crippen molar-refractivity contribution in [3.05, 3.63) is 45.4 Å². The van der Waals surface area contributed by atoms with E-state index in [1.807, 2.05) is 26.0 Å². The van der Waals surface area contributed by atoms with Crippen LogP contribution in [0.3, 0.4) is 0 Å². The van der Waals surface area contributed by atoms with E-state index in [1.165, 1.54) is 16.0 Å². The third-order valence-corrected chi connectivity index (χ3v) is 6.30. The molecule has 4 heteroatoms. The molecule has 1 unspecified atom stereocenters. The second kappa shape index (κ2) is 6.29. The predicted molar refractivity (Wildman–Crippen MR) is 88.1 cm³/mol. The molecule has 2 rings (SSSR count). The minimum absolute atomic E-state index is 0.337. The normalized spacial score (nSPS) is 19.2. The Morgan fingerprint density at radius 1 is 1.05 bits per heavy atom. The summed E-state index contributed by atoms with van der Waals surface area (Å²) < 4.78 is 0. The lowest BCUT2D eigenvalue weighted by atomic mass is 9.99. The number of aliphatic hydroxyl groups excluding tert-OH is 1. The van der Waals surface area contributed by atoms with Crippen molar-refractivity contribution in [1.82, 2.24) is 0 Å². The molecule has 0 aromatic heterocycles. The number of phenols is 1. The summed E-state index contributed by atoms with van der Waals surface area (Å²) in [5.41, 5.74) is 4.32. The van der Waals surface area contributed by atoms with Gasteiger partial charge in [0.1, 0.15) is 5.75 Å². The number of aromatic hydroxyl groups is 1. The number of aryl methyl sites for hydroxylation is 2. The van der Waals surface area contributed by atoms with Crippen molar-refractivity contribution in [2.24, 2.45) is 0 Å². The molecule has 2 nitrogen and oxygen atoms in total. The zero-order valence-electron chi connectivity index (χ0n) is 12.2. The van der Waals surface area contributed by atoms with E-state index in [0.29, 0.717) is 12.2 Å². The van der Waals surface area contributed by atoms with Crippen molar-refractivity contribution in [2.45, 2.75) is 45.1 Å². The van der Waals surface area contributed by atoms with Crippen molar-refractivity contribution in [3.63, 3.8) is 0 Å². The summed E-state index contributed by atoms with van der Waals surface area (Å²) >= 11 is 0. The Bertz CT molecular complexity index is 588. The van der Waals surface area contributed by atoms with E-state index in [1.54, 1.807) is 21.6 Å². The summed E-state index contributed by atoms with van der Waals surface area (Å²) in [6, 6.07) is 3.82. The first-order chi connectivity index (χ1) is 9.38. The molecular weight excluding hydrogens is 288 g/mol. The molecule has 1 aliphatic carbocycles. The number of hydrogen-bond acceptors (Lipinski definition) is 4. The maximum Gasteiger partial charge on any atom is 0.119 e. The van der Waals surface area contributed by atoms with Gasteiger partial charge in [0.2, 0.25) is 0 Å². The topological polar surface area (TPSA) is 40.5 Å². The quantitative estimate of drug-likeness (QED) is 0.792. The number of aliphatic hydroxyl groups is 1. The SMILES string of the molecule is CC1=CC(C)=C(SSc2cc(O)c(C)cc2C)CC1O. The van der Waals surface area contributed by atoms with Crippen molar-refractivity contribution in [3.8, 4) is 5.75 Å². The molecule has 0 amide bonds. The molecule has 20 heavy (non-hydrogen) atoms. The van der Waals surface area contributed by atoms with Gasteiger partial charge in [-0.1, -0.05) is 33.7 Å². The monoisotopic (exact) mass is 308 g/mol. The maximum atomic E-state index is 9.93. The Kier molecular flexibility index (Phi) is 4.89. The Balaban J connectivity index is 2.13. The Morgan fingerprint density at radius 2 is 1.75 bits per heavy atom. The summed E-state index contributed by atoms with van der Waals surface area (Å²) in [4.78, 5) is 2.27. The van der Waals surface area contributed by atoms with Gasteiger partial charge in [-0.2, -0.15) is 0 Å². The average molecular weight is 308 g/mol. The highest BCUT2D eigenvalue weighted by Crippen LogP contribution is 2.44. The second-order valence-corrected chi connectivity index (χ2v) is 7.55. The van der Waals surface area contributed by atoms with Crippen LogP contribution in [0.25, 0.3) is 0 Å². The number of rotatable bonds is 3. The van der Waals surface area contributed by atoms with Crippen LogP contribution in [-0.4, -0.2) is 16.3 Å². The van der Waals surface area contributed by atoms with Crippen molar-refractivity contribution >= 4 is 21.6 Å². The standard InChI is InChI=1S/C16H20O2S2/c1-9-5-11(3)15(7-13(9)17)19-20-16-8-14(18)10(2)6-12(16)4/h5-7,14,17-18H,8H2,1-4H3. The Hall–Kier alpha value is -0.840. The molecule has 0 spiro atoms. The smallest absolute Gasteiger partial charge is 0.119 e. The fourth-order valence-electron chi connectivity index (χ4n) is 2.12. The lowest BCUT2D eigenvalue weighted by Gasteiger charge is -2.20. The van der Waals surface area contributed by atoms with Crippen molar-refractivity contribution in [1.29, 1.82) is 0 Å². The van der Waals surface area contributed by atoms with Gasteiger partial charge in [-0.15, -0.1) is 0 Å². The van der Waals surface area contributed by atoms with Crippen LogP contribution >= 0.6 is 21.6 Å². The first-order valence-corrected chi connectivity index (χ1v) is 8.74. The summed E-state index contributed by atoms with van der Waals surface area (Å²) in [6.45, 7) is 8.00. The van der Waals surface area contributed by atoms with Crippen LogP contribution in [0.2, 0.25) is 0 Å². The summed E-state index contributed by atoms with van der Waals surface area (Å²) in [5.74, 6) is 0.337. The van der Waals surface area contributed by atoms with Crippen LogP contribution in [0.4, 0.5) is 0 Å². The van der Waals surface area contributed by atoms with Gasteiger partial charge in [-0.25, -0.2) is 0 Å². The lowest BCUT2D eigenvalue weighted by molar-refractivity contribution is 0.211. The van der Waals surface area contributed by atoms with E-state index in [9.17, 15) is 10.2 Å². The molecule has 1 aliphatic rings. The molecule has 0 saturated carbocycles. The van der Waals surface area contributed by atoms with E-state index >= 15 is 0 Å². The van der Waals surface area contributed by atoms with Crippen LogP contribution in [0.5, 0.6) is 5.75 Å². The molecular formula is C16H20O2S2. The first kappa shape index (κ1) is 15.5. The lowest BCUT2D eigenvalue weighted by Crippen LogP contribution is -2.12. The van der Waals surface area contributed by atoms with Crippen LogP contribution in [-0.2, 0) is 0 Å². The maximum absolute atomic E-state index is 9.93. The molecule has 0 radical (unpaired) electrons. The minimum Gasteiger partial charge on any atom is -0.508 e. The van der Waals surface area contributed by atoms with Gasteiger partial charge < -0.3 is 10.2 Å². The molecule has 1 aromatic rings. The van der Waals surface area contributed by atoms with E-state index in [2.05, 4.69) is 19.9 Å². The number of allylic oxidation sites excluding steroid dienone is 2. The van der Waals surface area contributed by atoms with Crippen LogP contribution in [0.1, 0.15) is 31.4 Å². The molecule has 1 aromatic carbocycles. The molecule has 0 fully saturated rings. The van der Waals surface area contributed by atoms with Gasteiger partial charge in [0.15, 0.2) is 0 Å². The highest BCUT2D eigenvalue weighted by Gasteiger charge is 2.18. The van der Waals surface area contributed by atoms with Gasteiger partial charge in [-0.05, 0) is 56.0 Å². The molecule has 0 aliphatic heterocycles. The van der Waals surface area contributed by atoms with Crippen molar-refractivity contribution in [2.75, 3.05) is 0 Å². The fourth-order valence-corrected chi connectivity index (χ4v) is 4.79. The summed E-state index contributed by atoms with van der Waals surface area (Å²) in [7, 11) is 3.32. The van der Waals surface area contributed by atoms with Gasteiger partial charge in [0.25, 0.3) is 0 Å². The third-order valence-electron chi connectivity index (χ3n) is 3.51. The van der Waals surface area contributed by atoms with Gasteiger partial charge in [0.05, 0.1) is 6.10 Å². The van der Waals surface area contributed by atoms with Gasteiger partial charge in [0, 0.05) is 16.2 Å². The Labute approximate surface area is 128 Å². The zero-order valence-corrected chi connectivity index (χ0v) is 13.9. The summed E-state index contributed by atoms with van der Waals surface area (Å²) in [6.07, 6.45) is 2.37. The highest BCUT2D eigenvalue weighted by atomic mass is 33.1. The first-order valence-electron chi connectivity index (χ1n) is 6.59. The predicted octanol–water partition coefficient (Wildman–Crippen LogP) is 4.73. The number of hydrogen-bond donors (Lipinski definition) is 2. The van der Waals surface area contributed by atoms with E-state index in [4.69, 9.17) is 0 Å². The minimum atomic E-state index is -0.366. The third kappa shape index (κ3) is 3.43. The van der Waals surface area contributed by atoms with Gasteiger partial charge >= 0.3 is 0 Å². The van der Waals surface area contributed by atoms with Crippen LogP contribution in [0.15, 0.2) is 39.2 Å². The van der Waals surface area contributed by atoms with Crippen LogP contribution in [0, 0.1) is 13.8 Å². The fraction of sp³-hybridized carbons (Fsp3) is 0.375. The highest BCUT2D eigenvalue weighted by molar-refractivity contribution is 8.78. The van der Waals surface area contributed by atoms with Crippen LogP contribution < -0.4 is 0 Å². The molecule has 2 N–H and O–H groups in total. The average Bonchev–Trinajstić information content (AvgIpc) is 2.37. The summed E-state index contributed by atoms with van der Waals surface area (Å²) in [5, 5.41) is 19.7. The molecule has 0 saturated heterocycles. The van der Waals surface area contributed by atoms with E-state index in [-0.39, 0.29) is 6.10 Å². The van der Waals surface area contributed by atoms with Crippen molar-refractivity contribution < 1.29 is 10.2 Å². The molecule has 0 bridgehead atoms. The zero-order chi connectivity index (χ0) is 14.9. The Morgan fingerprint density at radius 3 is 2.45 bits per heavy atom. The molecule has 1 atom stereocenters. The number of phenolic OH excluding ortho intramolecular Hbond substituents is 1. The van der Waals surface area contributed by atoms with Gasteiger partial charge in [-0.3, -0.25) is 0 Å². The van der Waals surface area contributed by atoms with E-state index in [0.717, 1.165) is 16.0 Å². The van der Waals surface area contributed by atoms with E-state index < -0.39 is 0 Å². The second-order valence-electron chi connectivity index (χ2n) is 5.29.